The molecule has 0 heterocycles. The molecule has 2 aromatic rings. The van der Waals surface area contributed by atoms with Gasteiger partial charge in [0.05, 0.1) is 11.5 Å². The van der Waals surface area contributed by atoms with Crippen molar-refractivity contribution in [2.45, 2.75) is 44.1 Å². The summed E-state index contributed by atoms with van der Waals surface area (Å²) >= 11 is 5.87. The fraction of sp³-hybridized carbons (Fsp3) is 0.381. The van der Waals surface area contributed by atoms with Gasteiger partial charge in [-0.25, -0.2) is 0 Å². The molecule has 3 nitrogen and oxygen atoms in total. The highest BCUT2D eigenvalue weighted by molar-refractivity contribution is 6.30. The molecule has 0 unspecified atom stereocenters. The largest absolute Gasteiger partial charge is 0.389 e. The molecule has 1 fully saturated rings. The van der Waals surface area contributed by atoms with Crippen LogP contribution in [0.4, 0.5) is 5.69 Å². The molecule has 4 heteroatoms. The highest BCUT2D eigenvalue weighted by atomic mass is 35.5. The van der Waals surface area contributed by atoms with E-state index in [4.69, 9.17) is 11.6 Å². The van der Waals surface area contributed by atoms with Crippen LogP contribution in [-0.4, -0.2) is 16.6 Å². The third-order valence-electron chi connectivity index (χ3n) is 5.43. The lowest BCUT2D eigenvalue weighted by atomic mass is 9.71. The minimum Gasteiger partial charge on any atom is -0.389 e. The molecule has 0 radical (unpaired) electrons. The van der Waals surface area contributed by atoms with Crippen molar-refractivity contribution < 1.29 is 9.90 Å². The van der Waals surface area contributed by atoms with E-state index in [0.29, 0.717) is 29.5 Å². The summed E-state index contributed by atoms with van der Waals surface area (Å²) in [6.07, 6.45) is 3.09. The fourth-order valence-corrected chi connectivity index (χ4v) is 3.76. The van der Waals surface area contributed by atoms with Gasteiger partial charge in [-0.15, -0.1) is 0 Å². The van der Waals surface area contributed by atoms with E-state index in [0.717, 1.165) is 12.8 Å². The van der Waals surface area contributed by atoms with Gasteiger partial charge in [-0.3, -0.25) is 4.79 Å². The molecular formula is C21H24ClNO2. The predicted octanol–water partition coefficient (Wildman–Crippen LogP) is 5.00. The monoisotopic (exact) mass is 357 g/mol. The normalized spacial score (nSPS) is 24.5. The van der Waals surface area contributed by atoms with Crippen molar-refractivity contribution in [1.82, 2.24) is 0 Å². The summed E-state index contributed by atoms with van der Waals surface area (Å²) in [7, 11) is 0. The van der Waals surface area contributed by atoms with Crippen LogP contribution in [0.2, 0.25) is 5.02 Å². The van der Waals surface area contributed by atoms with E-state index < -0.39 is 11.5 Å². The number of halogens is 1. The van der Waals surface area contributed by atoms with Gasteiger partial charge in [-0.1, -0.05) is 48.9 Å². The van der Waals surface area contributed by atoms with E-state index in [1.54, 1.807) is 24.3 Å². The first kappa shape index (κ1) is 18.0. The van der Waals surface area contributed by atoms with E-state index in [1.165, 1.54) is 5.56 Å². The first-order valence-corrected chi connectivity index (χ1v) is 9.19. The highest BCUT2D eigenvalue weighted by Gasteiger charge is 2.41. The van der Waals surface area contributed by atoms with Crippen LogP contribution >= 0.6 is 11.6 Å². The van der Waals surface area contributed by atoms with Crippen LogP contribution in [0.15, 0.2) is 54.6 Å². The minimum absolute atomic E-state index is 0.150. The van der Waals surface area contributed by atoms with Gasteiger partial charge in [0.25, 0.3) is 0 Å². The number of carbonyl (C=O) groups excluding carboxylic acids is 1. The Balaban J connectivity index is 1.61. The predicted molar refractivity (Wildman–Crippen MR) is 102 cm³/mol. The maximum Gasteiger partial charge on any atom is 0.230 e. The summed E-state index contributed by atoms with van der Waals surface area (Å²) in [5, 5.41) is 14.5. The Morgan fingerprint density at radius 2 is 1.72 bits per heavy atom. The van der Waals surface area contributed by atoms with Crippen molar-refractivity contribution in [3.8, 4) is 0 Å². The standard InChI is InChI=1S/C21H24ClNO2/c1-15(20(24)23-19-9-7-18(22)8-10-19)21(25)13-11-17(12-14-21)16-5-3-2-4-6-16/h2-10,15,17,25H,11-14H2,1H3,(H,23,24)/t15-,17?,21?/m0/s1. The Kier molecular flexibility index (Phi) is 5.45. The number of hydrogen-bond acceptors (Lipinski definition) is 2. The Hall–Kier alpha value is -1.84. The van der Waals surface area contributed by atoms with Crippen molar-refractivity contribution in [3.63, 3.8) is 0 Å². The lowest BCUT2D eigenvalue weighted by molar-refractivity contribution is -0.131. The highest BCUT2D eigenvalue weighted by Crippen LogP contribution is 2.41. The molecule has 0 spiro atoms. The molecule has 2 aromatic carbocycles. The third kappa shape index (κ3) is 4.23. The molecular weight excluding hydrogens is 334 g/mol. The van der Waals surface area contributed by atoms with Crippen LogP contribution in [0, 0.1) is 5.92 Å². The van der Waals surface area contributed by atoms with Gasteiger partial charge in [0, 0.05) is 10.7 Å². The summed E-state index contributed by atoms with van der Waals surface area (Å²) in [6.45, 7) is 1.81. The zero-order valence-electron chi connectivity index (χ0n) is 14.4. The maximum atomic E-state index is 12.5. The molecule has 0 bridgehead atoms. The molecule has 25 heavy (non-hydrogen) atoms. The first-order chi connectivity index (χ1) is 12.0. The zero-order chi connectivity index (χ0) is 17.9. The first-order valence-electron chi connectivity index (χ1n) is 8.82. The average molecular weight is 358 g/mol. The lowest BCUT2D eigenvalue weighted by Crippen LogP contribution is -2.45. The number of anilines is 1. The van der Waals surface area contributed by atoms with Crippen LogP contribution in [0.3, 0.4) is 0 Å². The topological polar surface area (TPSA) is 49.3 Å². The zero-order valence-corrected chi connectivity index (χ0v) is 15.2. The Morgan fingerprint density at radius 1 is 1.12 bits per heavy atom. The van der Waals surface area contributed by atoms with E-state index in [2.05, 4.69) is 29.6 Å². The van der Waals surface area contributed by atoms with Crippen LogP contribution in [0.1, 0.15) is 44.1 Å². The summed E-state index contributed by atoms with van der Waals surface area (Å²) in [5.74, 6) is -0.143. The number of nitrogens with one attached hydrogen (secondary N) is 1. The molecule has 1 amide bonds. The second-order valence-electron chi connectivity index (χ2n) is 7.01. The molecule has 132 valence electrons. The van der Waals surface area contributed by atoms with E-state index in [9.17, 15) is 9.90 Å². The summed E-state index contributed by atoms with van der Waals surface area (Å²) in [4.78, 5) is 12.5. The molecule has 1 saturated carbocycles. The van der Waals surface area contributed by atoms with Crippen molar-refractivity contribution in [2.75, 3.05) is 5.32 Å². The number of hydrogen-bond donors (Lipinski definition) is 2. The Morgan fingerprint density at radius 3 is 2.32 bits per heavy atom. The lowest BCUT2D eigenvalue weighted by Gasteiger charge is -2.39. The molecule has 1 atom stereocenters. The molecule has 1 aliphatic carbocycles. The number of rotatable bonds is 4. The quantitative estimate of drug-likeness (QED) is 0.808. The van der Waals surface area contributed by atoms with Gasteiger partial charge in [-0.05, 0) is 61.4 Å². The van der Waals surface area contributed by atoms with Crippen molar-refractivity contribution in [1.29, 1.82) is 0 Å². The number of aliphatic hydroxyl groups is 1. The van der Waals surface area contributed by atoms with Gasteiger partial charge in [0.15, 0.2) is 0 Å². The van der Waals surface area contributed by atoms with Gasteiger partial charge < -0.3 is 10.4 Å². The second kappa shape index (κ2) is 7.59. The fourth-order valence-electron chi connectivity index (χ4n) is 3.64. The second-order valence-corrected chi connectivity index (χ2v) is 7.44. The molecule has 0 aromatic heterocycles. The maximum absolute atomic E-state index is 12.5. The molecule has 1 aliphatic rings. The van der Waals surface area contributed by atoms with Crippen molar-refractivity contribution in [3.05, 3.63) is 65.2 Å². The Bertz CT molecular complexity index is 706. The average Bonchev–Trinajstić information content (AvgIpc) is 2.64. The van der Waals surface area contributed by atoms with Gasteiger partial charge in [0.2, 0.25) is 5.91 Å². The van der Waals surface area contributed by atoms with Crippen LogP contribution in [0.25, 0.3) is 0 Å². The van der Waals surface area contributed by atoms with Gasteiger partial charge in [-0.2, -0.15) is 0 Å². The Labute approximate surface area is 154 Å². The summed E-state index contributed by atoms with van der Waals surface area (Å²) in [6, 6.07) is 17.4. The van der Waals surface area contributed by atoms with Crippen LogP contribution < -0.4 is 5.32 Å². The van der Waals surface area contributed by atoms with Gasteiger partial charge in [0.1, 0.15) is 0 Å². The van der Waals surface area contributed by atoms with Crippen LogP contribution in [-0.2, 0) is 4.79 Å². The number of carbonyl (C=O) groups is 1. The third-order valence-corrected chi connectivity index (χ3v) is 5.69. The molecule has 0 saturated heterocycles. The van der Waals surface area contributed by atoms with Crippen molar-refractivity contribution in [2.24, 2.45) is 5.92 Å². The SMILES string of the molecule is C[C@@H](C(=O)Nc1ccc(Cl)cc1)C1(O)CCC(c2ccccc2)CC1. The minimum atomic E-state index is -0.943. The molecule has 0 aliphatic heterocycles. The van der Waals surface area contributed by atoms with Crippen LogP contribution in [0.5, 0.6) is 0 Å². The smallest absolute Gasteiger partial charge is 0.230 e. The number of amides is 1. The van der Waals surface area contributed by atoms with E-state index in [-0.39, 0.29) is 5.91 Å². The number of benzene rings is 2. The van der Waals surface area contributed by atoms with Gasteiger partial charge >= 0.3 is 0 Å². The van der Waals surface area contributed by atoms with Crippen molar-refractivity contribution >= 4 is 23.2 Å². The molecule has 2 N–H and O–H groups in total. The van der Waals surface area contributed by atoms with E-state index in [1.807, 2.05) is 13.0 Å². The summed E-state index contributed by atoms with van der Waals surface area (Å²) < 4.78 is 0. The summed E-state index contributed by atoms with van der Waals surface area (Å²) in [5.41, 5.74) is 1.08. The van der Waals surface area contributed by atoms with E-state index >= 15 is 0 Å². The molecule has 3 rings (SSSR count).